The number of nitro groups is 1. The number of nitrogens with one attached hydrogen (secondary N) is 1. The van der Waals surface area contributed by atoms with E-state index >= 15 is 0 Å². The first-order valence-electron chi connectivity index (χ1n) is 13.2. The zero-order valence-electron chi connectivity index (χ0n) is 21.1. The number of anilines is 1. The first-order valence-corrected chi connectivity index (χ1v) is 13.2. The molecule has 5 rings (SSSR count). The third-order valence-electron chi connectivity index (χ3n) is 10.9. The lowest BCUT2D eigenvalue weighted by atomic mass is 9.42. The number of hydrogen-bond donors (Lipinski definition) is 3. The van der Waals surface area contributed by atoms with E-state index in [1.807, 2.05) is 0 Å². The largest absolute Gasteiger partial charge is 0.481 e. The highest BCUT2D eigenvalue weighted by molar-refractivity contribution is 5.84. The molecule has 4 aliphatic rings. The molecule has 0 spiro atoms. The molecule has 0 bridgehead atoms. The van der Waals surface area contributed by atoms with Gasteiger partial charge in [-0.05, 0) is 98.5 Å². The number of amides is 1. The number of fused-ring (bicyclic) bond motifs is 5. The maximum atomic E-state index is 12.5. The third-order valence-corrected chi connectivity index (χ3v) is 10.9. The number of nitrogens with zero attached hydrogens (tertiary/aromatic N) is 1. The van der Waals surface area contributed by atoms with Gasteiger partial charge in [-0.3, -0.25) is 20.2 Å². The molecule has 4 aliphatic carbocycles. The van der Waals surface area contributed by atoms with Gasteiger partial charge in [-0.25, -0.2) is 4.79 Å². The van der Waals surface area contributed by atoms with E-state index in [1.54, 1.807) is 0 Å². The maximum Gasteiger partial charge on any atom is 0.411 e. The SMILES string of the molecule is C[C@]12CC[C@H](OC(=O)Nc3ccc([N+](=O)[O-])cc3)C[C@H]1CC[C@@H]1[C@@H]2CC[C@]2(C)[C@@H](C(=O)O)CC[C@]12N. The fraction of sp³-hybridized carbons (Fsp3) is 0.704. The van der Waals surface area contributed by atoms with Crippen LogP contribution in [0.4, 0.5) is 16.2 Å². The molecule has 9 nitrogen and oxygen atoms in total. The fourth-order valence-electron chi connectivity index (χ4n) is 8.76. The normalized spacial score (nSPS) is 41.4. The van der Waals surface area contributed by atoms with Crippen molar-refractivity contribution < 1.29 is 24.4 Å². The number of hydrogen-bond acceptors (Lipinski definition) is 6. The lowest BCUT2D eigenvalue weighted by Crippen LogP contribution is -2.66. The summed E-state index contributed by atoms with van der Waals surface area (Å²) in [5.74, 6) is 0.191. The molecule has 1 aromatic rings. The number of ether oxygens (including phenoxy) is 1. The van der Waals surface area contributed by atoms with Crippen LogP contribution in [0.5, 0.6) is 0 Å². The van der Waals surface area contributed by atoms with Crippen molar-refractivity contribution in [2.24, 2.45) is 40.2 Å². The lowest BCUT2D eigenvalue weighted by molar-refractivity contribution is -0.384. The number of nitro benzene ring substituents is 1. The number of carbonyl (C=O) groups is 2. The Morgan fingerprint density at radius 1 is 1.06 bits per heavy atom. The lowest BCUT2D eigenvalue weighted by Gasteiger charge is -2.64. The molecule has 4 fully saturated rings. The van der Waals surface area contributed by atoms with Gasteiger partial charge in [-0.1, -0.05) is 13.8 Å². The van der Waals surface area contributed by atoms with Crippen LogP contribution in [0.25, 0.3) is 0 Å². The second-order valence-corrected chi connectivity index (χ2v) is 12.1. The van der Waals surface area contributed by atoms with Crippen molar-refractivity contribution in [2.45, 2.75) is 83.3 Å². The van der Waals surface area contributed by atoms with Gasteiger partial charge >= 0.3 is 12.1 Å². The van der Waals surface area contributed by atoms with Crippen molar-refractivity contribution in [2.75, 3.05) is 5.32 Å². The van der Waals surface area contributed by atoms with Crippen LogP contribution in [-0.2, 0) is 9.53 Å². The molecule has 0 saturated heterocycles. The highest BCUT2D eigenvalue weighted by Crippen LogP contribution is 2.68. The van der Waals surface area contributed by atoms with Crippen LogP contribution in [0.2, 0.25) is 0 Å². The number of nitrogens with two attached hydrogens (primary N) is 1. The number of rotatable bonds is 4. The zero-order chi connectivity index (χ0) is 25.9. The standard InChI is InChI=1S/C27H37N3O6/c1-25-12-9-19(36-24(33)29-17-4-6-18(7-5-17)30(34)35)15-16(25)3-8-21-20(25)10-13-26(2)22(23(31)32)11-14-27(21,26)28/h4-7,16,19-22H,3,8-15,28H2,1-2H3,(H,29,33)(H,31,32)/t16-,19+,20+,21-,22-,25+,26-,27+/m1/s1. The molecule has 0 unspecified atom stereocenters. The van der Waals surface area contributed by atoms with Crippen molar-refractivity contribution in [3.8, 4) is 0 Å². The van der Waals surface area contributed by atoms with Gasteiger partial charge in [0.05, 0.1) is 10.8 Å². The number of carbonyl (C=O) groups excluding carboxylic acids is 1. The van der Waals surface area contributed by atoms with Gasteiger partial charge in [0.2, 0.25) is 0 Å². The number of carboxylic acids is 1. The molecule has 0 heterocycles. The number of non-ortho nitro benzene ring substituents is 1. The molecule has 1 amide bonds. The van der Waals surface area contributed by atoms with Gasteiger partial charge in [0.1, 0.15) is 6.10 Å². The Labute approximate surface area is 211 Å². The molecular formula is C27H37N3O6. The Bertz CT molecular complexity index is 1060. The number of aliphatic carboxylic acids is 1. The highest BCUT2D eigenvalue weighted by Gasteiger charge is 2.67. The molecule has 4 N–H and O–H groups in total. The molecule has 0 aromatic heterocycles. The van der Waals surface area contributed by atoms with Crippen LogP contribution in [-0.4, -0.2) is 33.7 Å². The van der Waals surface area contributed by atoms with E-state index in [0.717, 1.165) is 51.4 Å². The molecule has 4 saturated carbocycles. The van der Waals surface area contributed by atoms with Crippen LogP contribution >= 0.6 is 0 Å². The van der Waals surface area contributed by atoms with E-state index in [4.69, 9.17) is 10.5 Å². The van der Waals surface area contributed by atoms with Gasteiger partial charge in [0, 0.05) is 23.4 Å². The summed E-state index contributed by atoms with van der Waals surface area (Å²) in [6.45, 7) is 4.51. The molecular weight excluding hydrogens is 462 g/mol. The van der Waals surface area contributed by atoms with Gasteiger partial charge in [0.25, 0.3) is 5.69 Å². The summed E-state index contributed by atoms with van der Waals surface area (Å²) in [5, 5.41) is 23.4. The van der Waals surface area contributed by atoms with E-state index in [-0.39, 0.29) is 28.5 Å². The predicted octanol–water partition coefficient (Wildman–Crippen LogP) is 5.34. The van der Waals surface area contributed by atoms with Crippen molar-refractivity contribution in [3.63, 3.8) is 0 Å². The van der Waals surface area contributed by atoms with Crippen molar-refractivity contribution in [1.29, 1.82) is 0 Å². The monoisotopic (exact) mass is 499 g/mol. The molecule has 8 atom stereocenters. The quantitative estimate of drug-likeness (QED) is 0.375. The molecule has 0 aliphatic heterocycles. The smallest absolute Gasteiger partial charge is 0.411 e. The number of benzene rings is 1. The first kappa shape index (κ1) is 25.0. The molecule has 196 valence electrons. The van der Waals surface area contributed by atoms with E-state index < -0.39 is 22.5 Å². The zero-order valence-corrected chi connectivity index (χ0v) is 21.1. The van der Waals surface area contributed by atoms with Gasteiger partial charge in [-0.2, -0.15) is 0 Å². The van der Waals surface area contributed by atoms with Crippen LogP contribution in [0.15, 0.2) is 24.3 Å². The van der Waals surface area contributed by atoms with E-state index in [9.17, 15) is 24.8 Å². The summed E-state index contributed by atoms with van der Waals surface area (Å²) in [4.78, 5) is 34.9. The second kappa shape index (κ2) is 8.71. The topological polar surface area (TPSA) is 145 Å². The van der Waals surface area contributed by atoms with Crippen molar-refractivity contribution in [3.05, 3.63) is 34.4 Å². The average molecular weight is 500 g/mol. The Morgan fingerprint density at radius 3 is 2.44 bits per heavy atom. The minimum absolute atomic E-state index is 0.0329. The summed E-state index contributed by atoms with van der Waals surface area (Å²) in [5.41, 5.74) is 6.95. The van der Waals surface area contributed by atoms with Crippen LogP contribution in [0, 0.1) is 44.6 Å². The van der Waals surface area contributed by atoms with Crippen LogP contribution < -0.4 is 11.1 Å². The summed E-state index contributed by atoms with van der Waals surface area (Å²) in [6, 6.07) is 5.69. The Morgan fingerprint density at radius 2 is 1.78 bits per heavy atom. The summed E-state index contributed by atoms with van der Waals surface area (Å²) in [7, 11) is 0. The van der Waals surface area contributed by atoms with Gasteiger partial charge in [-0.15, -0.1) is 0 Å². The third kappa shape index (κ3) is 3.78. The maximum absolute atomic E-state index is 12.5. The summed E-state index contributed by atoms with van der Waals surface area (Å²) >= 11 is 0. The minimum Gasteiger partial charge on any atom is -0.481 e. The van der Waals surface area contributed by atoms with Gasteiger partial charge in [0.15, 0.2) is 0 Å². The predicted molar refractivity (Wildman–Crippen MR) is 133 cm³/mol. The van der Waals surface area contributed by atoms with Crippen LogP contribution in [0.3, 0.4) is 0 Å². The molecule has 36 heavy (non-hydrogen) atoms. The molecule has 1 aromatic carbocycles. The van der Waals surface area contributed by atoms with E-state index in [1.165, 1.54) is 24.3 Å². The van der Waals surface area contributed by atoms with Crippen molar-refractivity contribution in [1.82, 2.24) is 0 Å². The van der Waals surface area contributed by atoms with Gasteiger partial charge < -0.3 is 15.6 Å². The summed E-state index contributed by atoms with van der Waals surface area (Å²) < 4.78 is 5.77. The molecule has 0 radical (unpaired) electrons. The average Bonchev–Trinajstić information content (AvgIpc) is 3.11. The Balaban J connectivity index is 1.23. The van der Waals surface area contributed by atoms with Crippen molar-refractivity contribution >= 4 is 23.4 Å². The van der Waals surface area contributed by atoms with E-state index in [0.29, 0.717) is 29.9 Å². The van der Waals surface area contributed by atoms with Crippen LogP contribution in [0.1, 0.15) is 71.6 Å². The van der Waals surface area contributed by atoms with E-state index in [2.05, 4.69) is 19.2 Å². The first-order chi connectivity index (χ1) is 17.0. The minimum atomic E-state index is -0.701. The molecule has 9 heteroatoms. The second-order valence-electron chi connectivity index (χ2n) is 12.1. The number of carboxylic acid groups (broad SMARTS) is 1. The Hall–Kier alpha value is -2.68. The summed E-state index contributed by atoms with van der Waals surface area (Å²) in [6.07, 6.45) is 7.24. The fourth-order valence-corrected chi connectivity index (χ4v) is 8.76. The highest BCUT2D eigenvalue weighted by atomic mass is 16.6. The Kier molecular flexibility index (Phi) is 6.05.